The van der Waals surface area contributed by atoms with E-state index in [0.717, 1.165) is 17.0 Å². The number of aromatic nitrogens is 1. The first-order valence-electron chi connectivity index (χ1n) is 9.23. The Kier molecular flexibility index (Phi) is 6.06. The fourth-order valence-corrected chi connectivity index (χ4v) is 4.27. The minimum Gasteiger partial charge on any atom is -0.459 e. The van der Waals surface area contributed by atoms with Crippen LogP contribution in [-0.2, 0) is 0 Å². The molecule has 4 rings (SSSR count). The summed E-state index contributed by atoms with van der Waals surface area (Å²) in [6.07, 6.45) is 2.35. The van der Waals surface area contributed by atoms with Gasteiger partial charge >= 0.3 is 0 Å². The zero-order chi connectivity index (χ0) is 20.4. The van der Waals surface area contributed by atoms with Crippen LogP contribution in [0.25, 0.3) is 11.3 Å². The first-order valence-corrected chi connectivity index (χ1v) is 10.4. The standard InChI is InChI=1S/C21H19Cl2N3O2S/c22-14-6-3-5-13(18(14)23)16-8-9-17(28-16)20-19(15-7-1-2-10-24-15)25-21(29)26(20)11-4-12-27/h1-3,5-10,19-20,27H,4,11-12H2,(H,25,29)/t19-,20-/m1/s1. The molecule has 1 aliphatic rings. The molecule has 1 aromatic carbocycles. The second kappa shape index (κ2) is 8.71. The number of hydrogen-bond acceptors (Lipinski definition) is 4. The molecular weight excluding hydrogens is 429 g/mol. The quantitative estimate of drug-likeness (QED) is 0.518. The molecule has 1 aliphatic heterocycles. The number of furan rings is 1. The van der Waals surface area contributed by atoms with E-state index in [0.29, 0.717) is 33.9 Å². The molecule has 3 aromatic rings. The average molecular weight is 448 g/mol. The zero-order valence-electron chi connectivity index (χ0n) is 15.4. The van der Waals surface area contributed by atoms with E-state index in [1.165, 1.54) is 0 Å². The van der Waals surface area contributed by atoms with Crippen LogP contribution in [-0.4, -0.2) is 33.3 Å². The van der Waals surface area contributed by atoms with Gasteiger partial charge in [-0.05, 0) is 55.0 Å². The molecule has 2 aromatic heterocycles. The predicted molar refractivity (Wildman–Crippen MR) is 118 cm³/mol. The maximum Gasteiger partial charge on any atom is 0.170 e. The maximum absolute atomic E-state index is 9.31. The number of thiocarbonyl (C=S) groups is 1. The van der Waals surface area contributed by atoms with Gasteiger partial charge in [0, 0.05) is 24.9 Å². The second-order valence-corrected chi connectivity index (χ2v) is 7.87. The Bertz CT molecular complexity index is 1010. The van der Waals surface area contributed by atoms with Gasteiger partial charge in [-0.3, -0.25) is 4.98 Å². The van der Waals surface area contributed by atoms with E-state index in [-0.39, 0.29) is 18.7 Å². The van der Waals surface area contributed by atoms with Crippen LogP contribution in [0.15, 0.2) is 59.1 Å². The third kappa shape index (κ3) is 3.98. The highest BCUT2D eigenvalue weighted by Crippen LogP contribution is 2.41. The Balaban J connectivity index is 1.73. The summed E-state index contributed by atoms with van der Waals surface area (Å²) < 4.78 is 6.23. The smallest absolute Gasteiger partial charge is 0.170 e. The van der Waals surface area contributed by atoms with Gasteiger partial charge in [-0.1, -0.05) is 35.3 Å². The summed E-state index contributed by atoms with van der Waals surface area (Å²) in [6, 6.07) is 14.7. The molecular formula is C21H19Cl2N3O2S. The van der Waals surface area contributed by atoms with Gasteiger partial charge < -0.3 is 19.7 Å². The Hall–Kier alpha value is -2.12. The van der Waals surface area contributed by atoms with Gasteiger partial charge in [0.15, 0.2) is 5.11 Å². The fourth-order valence-electron chi connectivity index (χ4n) is 3.55. The Morgan fingerprint density at radius 2 is 2.00 bits per heavy atom. The molecule has 1 saturated heterocycles. The SMILES string of the molecule is OCCCN1C(=S)N[C@H](c2ccccn2)[C@H]1c1ccc(-c2cccc(Cl)c2Cl)o1. The number of benzene rings is 1. The van der Waals surface area contributed by atoms with Crippen molar-refractivity contribution >= 4 is 40.5 Å². The maximum atomic E-state index is 9.31. The van der Waals surface area contributed by atoms with Crippen molar-refractivity contribution in [3.05, 3.63) is 76.2 Å². The van der Waals surface area contributed by atoms with Crippen molar-refractivity contribution in [2.24, 2.45) is 0 Å². The lowest BCUT2D eigenvalue weighted by Gasteiger charge is -2.25. The van der Waals surface area contributed by atoms with E-state index < -0.39 is 0 Å². The monoisotopic (exact) mass is 447 g/mol. The molecule has 5 nitrogen and oxygen atoms in total. The van der Waals surface area contributed by atoms with Crippen molar-refractivity contribution in [1.82, 2.24) is 15.2 Å². The van der Waals surface area contributed by atoms with E-state index >= 15 is 0 Å². The number of aliphatic hydroxyl groups excluding tert-OH is 1. The Labute approximate surface area is 184 Å². The molecule has 8 heteroatoms. The van der Waals surface area contributed by atoms with E-state index in [9.17, 15) is 5.11 Å². The first-order chi connectivity index (χ1) is 14.1. The highest BCUT2D eigenvalue weighted by Gasteiger charge is 2.41. The third-order valence-electron chi connectivity index (χ3n) is 4.89. The van der Waals surface area contributed by atoms with Gasteiger partial charge in [-0.15, -0.1) is 0 Å². The van der Waals surface area contributed by atoms with Crippen LogP contribution >= 0.6 is 35.4 Å². The summed E-state index contributed by atoms with van der Waals surface area (Å²) in [5.41, 5.74) is 1.60. The van der Waals surface area contributed by atoms with Crippen LogP contribution in [0.5, 0.6) is 0 Å². The number of rotatable bonds is 6. The number of aliphatic hydroxyl groups is 1. The van der Waals surface area contributed by atoms with Crippen LogP contribution in [0.1, 0.15) is 30.0 Å². The van der Waals surface area contributed by atoms with E-state index in [2.05, 4.69) is 10.3 Å². The number of nitrogens with zero attached hydrogens (tertiary/aromatic N) is 2. The van der Waals surface area contributed by atoms with Crippen molar-refractivity contribution in [2.45, 2.75) is 18.5 Å². The van der Waals surface area contributed by atoms with Gasteiger partial charge in [0.05, 0.1) is 21.8 Å². The Morgan fingerprint density at radius 1 is 1.14 bits per heavy atom. The summed E-state index contributed by atoms with van der Waals surface area (Å²) in [5, 5.41) is 14.2. The minimum atomic E-state index is -0.198. The lowest BCUT2D eigenvalue weighted by molar-refractivity contribution is 0.233. The molecule has 2 N–H and O–H groups in total. The summed E-state index contributed by atoms with van der Waals surface area (Å²) in [4.78, 5) is 6.53. The van der Waals surface area contributed by atoms with Gasteiger partial charge in [0.1, 0.15) is 17.6 Å². The third-order valence-corrected chi connectivity index (χ3v) is 6.06. The molecule has 150 valence electrons. The fraction of sp³-hybridized carbons (Fsp3) is 0.238. The number of nitrogens with one attached hydrogen (secondary N) is 1. The van der Waals surface area contributed by atoms with Crippen LogP contribution in [0.3, 0.4) is 0 Å². The molecule has 2 atom stereocenters. The summed E-state index contributed by atoms with van der Waals surface area (Å²) in [7, 11) is 0. The van der Waals surface area contributed by atoms with Gasteiger partial charge in [-0.2, -0.15) is 0 Å². The predicted octanol–water partition coefficient (Wildman–Crippen LogP) is 5.00. The number of hydrogen-bond donors (Lipinski definition) is 2. The van der Waals surface area contributed by atoms with E-state index in [1.54, 1.807) is 12.3 Å². The molecule has 0 spiro atoms. The molecule has 0 unspecified atom stereocenters. The molecule has 0 bridgehead atoms. The average Bonchev–Trinajstić information content (AvgIpc) is 3.33. The van der Waals surface area contributed by atoms with Crippen molar-refractivity contribution in [3.8, 4) is 11.3 Å². The molecule has 1 fully saturated rings. The van der Waals surface area contributed by atoms with Crippen molar-refractivity contribution < 1.29 is 9.52 Å². The Morgan fingerprint density at radius 3 is 2.76 bits per heavy atom. The largest absolute Gasteiger partial charge is 0.459 e. The summed E-state index contributed by atoms with van der Waals surface area (Å²) in [6.45, 7) is 0.686. The molecule has 0 radical (unpaired) electrons. The van der Waals surface area contributed by atoms with Crippen LogP contribution in [0.2, 0.25) is 10.0 Å². The van der Waals surface area contributed by atoms with Gasteiger partial charge in [0.2, 0.25) is 0 Å². The lowest BCUT2D eigenvalue weighted by Crippen LogP contribution is -2.30. The molecule has 3 heterocycles. The van der Waals surface area contributed by atoms with Crippen molar-refractivity contribution in [1.29, 1.82) is 0 Å². The van der Waals surface area contributed by atoms with Crippen molar-refractivity contribution in [3.63, 3.8) is 0 Å². The first kappa shape index (κ1) is 20.2. The number of halogens is 2. The van der Waals surface area contributed by atoms with Crippen molar-refractivity contribution in [2.75, 3.05) is 13.2 Å². The van der Waals surface area contributed by atoms with Gasteiger partial charge in [-0.25, -0.2) is 0 Å². The van der Waals surface area contributed by atoms with E-state index in [1.807, 2.05) is 47.4 Å². The van der Waals surface area contributed by atoms with Crippen LogP contribution in [0.4, 0.5) is 0 Å². The lowest BCUT2D eigenvalue weighted by atomic mass is 10.0. The van der Waals surface area contributed by atoms with E-state index in [4.69, 9.17) is 39.8 Å². The van der Waals surface area contributed by atoms with Crippen LogP contribution < -0.4 is 5.32 Å². The highest BCUT2D eigenvalue weighted by atomic mass is 35.5. The normalized spacial score (nSPS) is 18.9. The number of pyridine rings is 1. The summed E-state index contributed by atoms with van der Waals surface area (Å²) >= 11 is 18.1. The molecule has 0 aliphatic carbocycles. The topological polar surface area (TPSA) is 61.5 Å². The van der Waals surface area contributed by atoms with Crippen LogP contribution in [0, 0.1) is 0 Å². The molecule has 0 saturated carbocycles. The zero-order valence-corrected chi connectivity index (χ0v) is 17.7. The summed E-state index contributed by atoms with van der Waals surface area (Å²) in [5.74, 6) is 1.36. The molecule has 0 amide bonds. The van der Waals surface area contributed by atoms with Gasteiger partial charge in [0.25, 0.3) is 0 Å². The molecule has 29 heavy (non-hydrogen) atoms. The second-order valence-electron chi connectivity index (χ2n) is 6.70. The highest BCUT2D eigenvalue weighted by molar-refractivity contribution is 7.80. The minimum absolute atomic E-state index is 0.0849.